The summed E-state index contributed by atoms with van der Waals surface area (Å²) in [5.74, 6) is 4.10. The van der Waals surface area contributed by atoms with Gasteiger partial charge in [-0.25, -0.2) is 0 Å². The van der Waals surface area contributed by atoms with E-state index in [1.165, 1.54) is 57.8 Å². The molecule has 4 atom stereocenters. The highest BCUT2D eigenvalue weighted by atomic mass is 14.4. The highest BCUT2D eigenvalue weighted by molar-refractivity contribution is 4.84. The van der Waals surface area contributed by atoms with Gasteiger partial charge >= 0.3 is 0 Å². The van der Waals surface area contributed by atoms with Crippen LogP contribution in [0.4, 0.5) is 0 Å². The summed E-state index contributed by atoms with van der Waals surface area (Å²) in [6.45, 7) is 9.63. The maximum Gasteiger partial charge on any atom is -0.0360 e. The first-order valence-corrected chi connectivity index (χ1v) is 8.24. The Morgan fingerprint density at radius 2 is 1.53 bits per heavy atom. The van der Waals surface area contributed by atoms with Gasteiger partial charge in [0, 0.05) is 0 Å². The monoisotopic (exact) mass is 238 g/mol. The standard InChI is InChI=1S/C17H34/c1-5-8-9-11-16-13-12-15(10-6-2)14(4)17(16)7-3/h14-17H,5-13H2,1-4H3. The summed E-state index contributed by atoms with van der Waals surface area (Å²) >= 11 is 0. The summed E-state index contributed by atoms with van der Waals surface area (Å²) in [6, 6.07) is 0. The van der Waals surface area contributed by atoms with Gasteiger partial charge in [0.15, 0.2) is 0 Å². The van der Waals surface area contributed by atoms with Crippen molar-refractivity contribution in [3.63, 3.8) is 0 Å². The van der Waals surface area contributed by atoms with Crippen molar-refractivity contribution in [2.24, 2.45) is 23.7 Å². The van der Waals surface area contributed by atoms with Crippen LogP contribution in [-0.2, 0) is 0 Å². The van der Waals surface area contributed by atoms with E-state index in [-0.39, 0.29) is 0 Å². The van der Waals surface area contributed by atoms with Gasteiger partial charge < -0.3 is 0 Å². The minimum atomic E-state index is 0.986. The third-order valence-electron chi connectivity index (χ3n) is 5.24. The highest BCUT2D eigenvalue weighted by Crippen LogP contribution is 2.44. The van der Waals surface area contributed by atoms with E-state index in [9.17, 15) is 0 Å². The first-order valence-electron chi connectivity index (χ1n) is 8.24. The van der Waals surface area contributed by atoms with Crippen LogP contribution in [0.15, 0.2) is 0 Å². The fourth-order valence-electron chi connectivity index (χ4n) is 4.18. The summed E-state index contributed by atoms with van der Waals surface area (Å²) in [6.07, 6.45) is 13.1. The van der Waals surface area contributed by atoms with Gasteiger partial charge in [-0.1, -0.05) is 72.6 Å². The van der Waals surface area contributed by atoms with Crippen LogP contribution in [-0.4, -0.2) is 0 Å². The molecule has 0 aromatic heterocycles. The van der Waals surface area contributed by atoms with Crippen molar-refractivity contribution >= 4 is 0 Å². The molecule has 1 aliphatic carbocycles. The molecule has 17 heavy (non-hydrogen) atoms. The van der Waals surface area contributed by atoms with Crippen LogP contribution in [0.25, 0.3) is 0 Å². The van der Waals surface area contributed by atoms with Crippen LogP contribution in [0.1, 0.15) is 85.5 Å². The Kier molecular flexibility index (Phi) is 7.23. The fourth-order valence-corrected chi connectivity index (χ4v) is 4.18. The zero-order valence-corrected chi connectivity index (χ0v) is 12.7. The lowest BCUT2D eigenvalue weighted by Crippen LogP contribution is -2.32. The molecule has 0 aromatic carbocycles. The Hall–Kier alpha value is 0. The summed E-state index contributed by atoms with van der Waals surface area (Å²) in [5.41, 5.74) is 0. The molecule has 0 aliphatic heterocycles. The smallest absolute Gasteiger partial charge is 0.0360 e. The molecule has 0 N–H and O–H groups in total. The summed E-state index contributed by atoms with van der Waals surface area (Å²) < 4.78 is 0. The average Bonchev–Trinajstić information content (AvgIpc) is 2.33. The molecule has 0 spiro atoms. The second-order valence-corrected chi connectivity index (χ2v) is 6.31. The molecule has 0 bridgehead atoms. The Morgan fingerprint density at radius 3 is 2.12 bits per heavy atom. The molecular weight excluding hydrogens is 204 g/mol. The lowest BCUT2D eigenvalue weighted by molar-refractivity contribution is 0.0850. The van der Waals surface area contributed by atoms with E-state index >= 15 is 0 Å². The van der Waals surface area contributed by atoms with Crippen molar-refractivity contribution in [3.8, 4) is 0 Å². The van der Waals surface area contributed by atoms with E-state index < -0.39 is 0 Å². The molecule has 0 heteroatoms. The molecular formula is C17H34. The van der Waals surface area contributed by atoms with Gasteiger partial charge in [-0.15, -0.1) is 0 Å². The van der Waals surface area contributed by atoms with Gasteiger partial charge in [0.2, 0.25) is 0 Å². The summed E-state index contributed by atoms with van der Waals surface area (Å²) in [7, 11) is 0. The number of hydrogen-bond donors (Lipinski definition) is 0. The van der Waals surface area contributed by atoms with E-state index in [4.69, 9.17) is 0 Å². The summed E-state index contributed by atoms with van der Waals surface area (Å²) in [5, 5.41) is 0. The van der Waals surface area contributed by atoms with Crippen LogP contribution in [0.2, 0.25) is 0 Å². The van der Waals surface area contributed by atoms with Crippen LogP contribution in [0.3, 0.4) is 0 Å². The normalized spacial score (nSPS) is 33.9. The molecule has 0 saturated heterocycles. The second-order valence-electron chi connectivity index (χ2n) is 6.31. The lowest BCUT2D eigenvalue weighted by atomic mass is 9.64. The van der Waals surface area contributed by atoms with Crippen LogP contribution in [0.5, 0.6) is 0 Å². The van der Waals surface area contributed by atoms with Crippen molar-refractivity contribution in [1.29, 1.82) is 0 Å². The Balaban J connectivity index is 2.46. The Morgan fingerprint density at radius 1 is 0.824 bits per heavy atom. The largest absolute Gasteiger partial charge is 0.0654 e. The molecule has 0 radical (unpaired) electrons. The molecule has 102 valence electrons. The van der Waals surface area contributed by atoms with Crippen molar-refractivity contribution in [1.82, 2.24) is 0 Å². The fraction of sp³-hybridized carbons (Fsp3) is 1.00. The van der Waals surface area contributed by atoms with E-state index in [0.717, 1.165) is 23.7 Å². The zero-order chi connectivity index (χ0) is 12.7. The first-order chi connectivity index (χ1) is 8.24. The first kappa shape index (κ1) is 15.1. The predicted octanol–water partition coefficient (Wildman–Crippen LogP) is 6.06. The van der Waals surface area contributed by atoms with Gasteiger partial charge in [-0.3, -0.25) is 0 Å². The molecule has 1 rings (SSSR count). The van der Waals surface area contributed by atoms with Crippen LogP contribution < -0.4 is 0 Å². The third kappa shape index (κ3) is 4.30. The van der Waals surface area contributed by atoms with E-state index in [1.54, 1.807) is 0 Å². The Bertz CT molecular complexity index is 184. The number of rotatable bonds is 7. The molecule has 1 saturated carbocycles. The molecule has 0 amide bonds. The second kappa shape index (κ2) is 8.16. The Labute approximate surface area is 110 Å². The SMILES string of the molecule is CCCCCC1CCC(CCC)C(C)C1CC. The predicted molar refractivity (Wildman–Crippen MR) is 78.2 cm³/mol. The third-order valence-corrected chi connectivity index (χ3v) is 5.24. The topological polar surface area (TPSA) is 0 Å². The maximum absolute atomic E-state index is 2.54. The van der Waals surface area contributed by atoms with Gasteiger partial charge in [0.25, 0.3) is 0 Å². The number of hydrogen-bond acceptors (Lipinski definition) is 0. The van der Waals surface area contributed by atoms with Crippen molar-refractivity contribution < 1.29 is 0 Å². The quantitative estimate of drug-likeness (QED) is 0.473. The van der Waals surface area contributed by atoms with E-state index in [1.807, 2.05) is 0 Å². The lowest BCUT2D eigenvalue weighted by Gasteiger charge is -2.42. The molecule has 1 aliphatic rings. The maximum atomic E-state index is 2.54. The average molecular weight is 238 g/mol. The molecule has 0 heterocycles. The van der Waals surface area contributed by atoms with E-state index in [0.29, 0.717) is 0 Å². The minimum absolute atomic E-state index is 0.986. The van der Waals surface area contributed by atoms with Crippen molar-refractivity contribution in [2.75, 3.05) is 0 Å². The summed E-state index contributed by atoms with van der Waals surface area (Å²) in [4.78, 5) is 0. The molecule has 1 fully saturated rings. The minimum Gasteiger partial charge on any atom is -0.0654 e. The highest BCUT2D eigenvalue weighted by Gasteiger charge is 2.34. The van der Waals surface area contributed by atoms with Crippen LogP contribution in [0, 0.1) is 23.7 Å². The van der Waals surface area contributed by atoms with Crippen molar-refractivity contribution in [2.45, 2.75) is 85.5 Å². The molecule has 0 aromatic rings. The zero-order valence-electron chi connectivity index (χ0n) is 12.7. The van der Waals surface area contributed by atoms with Gasteiger partial charge in [-0.2, -0.15) is 0 Å². The molecule has 4 unspecified atom stereocenters. The van der Waals surface area contributed by atoms with Crippen molar-refractivity contribution in [3.05, 3.63) is 0 Å². The number of unbranched alkanes of at least 4 members (excludes halogenated alkanes) is 2. The molecule has 0 nitrogen and oxygen atoms in total. The van der Waals surface area contributed by atoms with Gasteiger partial charge in [0.1, 0.15) is 0 Å². The van der Waals surface area contributed by atoms with Gasteiger partial charge in [-0.05, 0) is 36.5 Å². The van der Waals surface area contributed by atoms with E-state index in [2.05, 4.69) is 27.7 Å². The van der Waals surface area contributed by atoms with Crippen LogP contribution >= 0.6 is 0 Å². The van der Waals surface area contributed by atoms with Gasteiger partial charge in [0.05, 0.1) is 0 Å².